The van der Waals surface area contributed by atoms with Crippen molar-refractivity contribution < 1.29 is 14.3 Å². The highest BCUT2D eigenvalue weighted by Gasteiger charge is 2.33. The Morgan fingerprint density at radius 3 is 2.56 bits per heavy atom. The summed E-state index contributed by atoms with van der Waals surface area (Å²) in [4.78, 5) is 31.9. The summed E-state index contributed by atoms with van der Waals surface area (Å²) in [6.07, 6.45) is 2.34. The zero-order valence-corrected chi connectivity index (χ0v) is 22.3. The van der Waals surface area contributed by atoms with Gasteiger partial charge in [0.05, 0.1) is 40.6 Å². The SMILES string of the molecule is CCC1=C(C(=O)OC)[C@H](c2ccccc2)n2c(s/c(=C/c3cccc(OCc4ccc(C#N)cc4)c3)c2=O)=N1. The molecule has 0 saturated heterocycles. The van der Waals surface area contributed by atoms with Crippen LogP contribution in [0.25, 0.3) is 6.08 Å². The Morgan fingerprint density at radius 1 is 1.10 bits per heavy atom. The van der Waals surface area contributed by atoms with E-state index in [1.165, 1.54) is 18.4 Å². The minimum Gasteiger partial charge on any atom is -0.489 e. The van der Waals surface area contributed by atoms with Gasteiger partial charge < -0.3 is 9.47 Å². The Bertz CT molecular complexity index is 1780. The van der Waals surface area contributed by atoms with Crippen LogP contribution in [0.2, 0.25) is 0 Å². The fraction of sp³-hybridized carbons (Fsp3) is 0.161. The molecule has 4 aromatic rings. The predicted octanol–water partition coefficient (Wildman–Crippen LogP) is 4.25. The van der Waals surface area contributed by atoms with Gasteiger partial charge in [-0.25, -0.2) is 9.79 Å². The first-order valence-electron chi connectivity index (χ1n) is 12.4. The van der Waals surface area contributed by atoms with Crippen molar-refractivity contribution in [2.75, 3.05) is 7.11 Å². The number of esters is 1. The number of nitrogens with zero attached hydrogens (tertiary/aromatic N) is 3. The largest absolute Gasteiger partial charge is 0.489 e. The molecule has 1 aliphatic rings. The molecule has 39 heavy (non-hydrogen) atoms. The summed E-state index contributed by atoms with van der Waals surface area (Å²) < 4.78 is 13.1. The standard InChI is InChI=1S/C31H25N3O4S/c1-3-25-27(30(36)37-2)28(23-9-5-4-6-10-23)34-29(35)26(39-31(34)33-25)17-22-8-7-11-24(16-22)38-19-21-14-12-20(18-32)13-15-21/h4-17,28H,3,19H2,1-2H3/b26-17+/t28-/m0/s1. The molecule has 194 valence electrons. The molecule has 0 spiro atoms. The van der Waals surface area contributed by atoms with Crippen molar-refractivity contribution >= 4 is 23.4 Å². The molecule has 5 rings (SSSR count). The maximum absolute atomic E-state index is 13.8. The predicted molar refractivity (Wildman–Crippen MR) is 149 cm³/mol. The number of allylic oxidation sites excluding steroid dienone is 1. The molecule has 7 nitrogen and oxygen atoms in total. The van der Waals surface area contributed by atoms with Crippen LogP contribution in [0.4, 0.5) is 0 Å². The van der Waals surface area contributed by atoms with Crippen LogP contribution >= 0.6 is 11.3 Å². The summed E-state index contributed by atoms with van der Waals surface area (Å²) in [5.41, 5.74) is 3.92. The van der Waals surface area contributed by atoms with Gasteiger partial charge in [0.1, 0.15) is 12.4 Å². The number of benzene rings is 3. The maximum atomic E-state index is 13.8. The fourth-order valence-electron chi connectivity index (χ4n) is 4.50. The second kappa shape index (κ2) is 11.3. The van der Waals surface area contributed by atoms with Crippen LogP contribution in [0.3, 0.4) is 0 Å². The van der Waals surface area contributed by atoms with Crippen LogP contribution in [0.5, 0.6) is 5.75 Å². The van der Waals surface area contributed by atoms with Crippen molar-refractivity contribution in [1.29, 1.82) is 5.26 Å². The average Bonchev–Trinajstić information content (AvgIpc) is 3.29. The van der Waals surface area contributed by atoms with Gasteiger partial charge in [0.25, 0.3) is 5.56 Å². The van der Waals surface area contributed by atoms with E-state index in [1.54, 1.807) is 16.7 Å². The number of aromatic nitrogens is 1. The molecule has 3 aromatic carbocycles. The van der Waals surface area contributed by atoms with Gasteiger partial charge in [-0.15, -0.1) is 0 Å². The number of methoxy groups -OCH3 is 1. The lowest BCUT2D eigenvalue weighted by Gasteiger charge is -2.25. The van der Waals surface area contributed by atoms with Crippen molar-refractivity contribution in [3.8, 4) is 11.8 Å². The maximum Gasteiger partial charge on any atom is 0.338 e. The van der Waals surface area contributed by atoms with E-state index in [1.807, 2.05) is 79.7 Å². The molecule has 1 aliphatic heterocycles. The van der Waals surface area contributed by atoms with Crippen LogP contribution in [0, 0.1) is 11.3 Å². The van der Waals surface area contributed by atoms with Crippen LogP contribution in [0.15, 0.2) is 99.9 Å². The van der Waals surface area contributed by atoms with Crippen LogP contribution in [-0.2, 0) is 16.1 Å². The second-order valence-electron chi connectivity index (χ2n) is 8.87. The van der Waals surface area contributed by atoms with Crippen LogP contribution in [-0.4, -0.2) is 17.6 Å². The van der Waals surface area contributed by atoms with Crippen molar-refractivity contribution in [3.05, 3.63) is 132 Å². The van der Waals surface area contributed by atoms with Crippen molar-refractivity contribution in [1.82, 2.24) is 4.57 Å². The number of ether oxygens (including phenoxy) is 2. The monoisotopic (exact) mass is 535 g/mol. The summed E-state index contributed by atoms with van der Waals surface area (Å²) in [6.45, 7) is 2.28. The number of fused-ring (bicyclic) bond motifs is 1. The van der Waals surface area contributed by atoms with Gasteiger partial charge in [0, 0.05) is 0 Å². The highest BCUT2D eigenvalue weighted by atomic mass is 32.1. The lowest BCUT2D eigenvalue weighted by atomic mass is 9.95. The molecule has 0 bridgehead atoms. The van der Waals surface area contributed by atoms with Gasteiger partial charge in [-0.2, -0.15) is 5.26 Å². The first-order valence-corrected chi connectivity index (χ1v) is 13.2. The van der Waals surface area contributed by atoms with Crippen molar-refractivity contribution in [2.24, 2.45) is 4.99 Å². The van der Waals surface area contributed by atoms with Gasteiger partial charge in [-0.05, 0) is 53.5 Å². The fourth-order valence-corrected chi connectivity index (χ4v) is 5.52. The molecular formula is C31H25N3O4S. The topological polar surface area (TPSA) is 93.7 Å². The number of thiazole rings is 1. The summed E-state index contributed by atoms with van der Waals surface area (Å²) >= 11 is 1.29. The van der Waals surface area contributed by atoms with E-state index >= 15 is 0 Å². The van der Waals surface area contributed by atoms with Crippen molar-refractivity contribution in [2.45, 2.75) is 26.0 Å². The molecule has 1 atom stereocenters. The minimum absolute atomic E-state index is 0.229. The van der Waals surface area contributed by atoms with Crippen molar-refractivity contribution in [3.63, 3.8) is 0 Å². The summed E-state index contributed by atoms with van der Waals surface area (Å²) in [5.74, 6) is 0.162. The lowest BCUT2D eigenvalue weighted by molar-refractivity contribution is -0.136. The molecule has 0 radical (unpaired) electrons. The van der Waals surface area contributed by atoms with Gasteiger partial charge in [-0.3, -0.25) is 9.36 Å². The molecule has 0 fully saturated rings. The summed E-state index contributed by atoms with van der Waals surface area (Å²) in [6, 6.07) is 25.7. The van der Waals surface area contributed by atoms with E-state index in [4.69, 9.17) is 19.7 Å². The number of rotatable bonds is 7. The first kappa shape index (κ1) is 25.9. The Kier molecular flexibility index (Phi) is 7.53. The quantitative estimate of drug-likeness (QED) is 0.330. The first-order chi connectivity index (χ1) is 19.0. The van der Waals surface area contributed by atoms with Gasteiger partial charge in [0.2, 0.25) is 0 Å². The average molecular weight is 536 g/mol. The third-order valence-electron chi connectivity index (χ3n) is 6.41. The lowest BCUT2D eigenvalue weighted by Crippen LogP contribution is -2.40. The molecule has 0 amide bonds. The van der Waals surface area contributed by atoms with Crippen LogP contribution < -0.4 is 19.6 Å². The number of nitriles is 1. The van der Waals surface area contributed by atoms with E-state index < -0.39 is 12.0 Å². The summed E-state index contributed by atoms with van der Waals surface area (Å²) in [7, 11) is 1.34. The normalized spacial score (nSPS) is 14.8. The Labute approximate surface area is 229 Å². The van der Waals surface area contributed by atoms with E-state index in [-0.39, 0.29) is 5.56 Å². The van der Waals surface area contributed by atoms with E-state index in [0.717, 1.165) is 16.7 Å². The van der Waals surface area contributed by atoms with E-state index in [2.05, 4.69) is 6.07 Å². The van der Waals surface area contributed by atoms with Gasteiger partial charge >= 0.3 is 5.97 Å². The molecular weight excluding hydrogens is 510 g/mol. The number of hydrogen-bond acceptors (Lipinski definition) is 7. The second-order valence-corrected chi connectivity index (χ2v) is 9.88. The zero-order valence-electron chi connectivity index (χ0n) is 21.5. The highest BCUT2D eigenvalue weighted by Crippen LogP contribution is 2.31. The smallest absolute Gasteiger partial charge is 0.338 e. The van der Waals surface area contributed by atoms with Gasteiger partial charge in [0.15, 0.2) is 4.80 Å². The number of carbonyl (C=O) groups excluding carboxylic acids is 1. The zero-order chi connectivity index (χ0) is 27.4. The molecule has 8 heteroatoms. The number of carbonyl (C=O) groups is 1. The molecule has 1 aromatic heterocycles. The highest BCUT2D eigenvalue weighted by molar-refractivity contribution is 7.07. The van der Waals surface area contributed by atoms with Crippen LogP contribution in [0.1, 0.15) is 41.6 Å². The third-order valence-corrected chi connectivity index (χ3v) is 7.39. The Morgan fingerprint density at radius 2 is 1.87 bits per heavy atom. The Hall–Kier alpha value is -4.74. The third kappa shape index (κ3) is 5.31. The summed E-state index contributed by atoms with van der Waals surface area (Å²) in [5, 5.41) is 8.97. The number of hydrogen-bond donors (Lipinski definition) is 0. The Balaban J connectivity index is 1.53. The molecule has 0 N–H and O–H groups in total. The van der Waals surface area contributed by atoms with E-state index in [0.29, 0.717) is 44.9 Å². The molecule has 0 saturated carbocycles. The van der Waals surface area contributed by atoms with E-state index in [9.17, 15) is 9.59 Å². The van der Waals surface area contributed by atoms with Gasteiger partial charge in [-0.1, -0.05) is 72.9 Å². The minimum atomic E-state index is -0.630. The molecule has 2 heterocycles. The molecule has 0 unspecified atom stereocenters. The molecule has 0 aliphatic carbocycles.